The van der Waals surface area contributed by atoms with Crippen molar-refractivity contribution in [3.05, 3.63) is 35.9 Å². The van der Waals surface area contributed by atoms with Crippen molar-refractivity contribution in [3.63, 3.8) is 0 Å². The van der Waals surface area contributed by atoms with E-state index in [9.17, 15) is 14.7 Å². The van der Waals surface area contributed by atoms with E-state index >= 15 is 0 Å². The van der Waals surface area contributed by atoms with Gasteiger partial charge in [-0.1, -0.05) is 43.7 Å². The number of amides is 1. The number of carboxylic acids is 1. The van der Waals surface area contributed by atoms with Crippen LogP contribution in [0.3, 0.4) is 0 Å². The molecule has 0 fully saturated rings. The topological polar surface area (TPSA) is 92.4 Å². The van der Waals surface area contributed by atoms with Gasteiger partial charge >= 0.3 is 5.97 Å². The van der Waals surface area contributed by atoms with E-state index in [1.165, 1.54) is 6.92 Å². The van der Waals surface area contributed by atoms with Gasteiger partial charge in [0, 0.05) is 0 Å². The van der Waals surface area contributed by atoms with Crippen molar-refractivity contribution in [2.45, 2.75) is 38.3 Å². The van der Waals surface area contributed by atoms with Crippen molar-refractivity contribution in [1.29, 1.82) is 0 Å². The number of carboxylic acid groups (broad SMARTS) is 1. The van der Waals surface area contributed by atoms with E-state index in [2.05, 4.69) is 5.32 Å². The number of hydrogen-bond donors (Lipinski definition) is 3. The average molecular weight is 264 g/mol. The summed E-state index contributed by atoms with van der Waals surface area (Å²) >= 11 is 0. The van der Waals surface area contributed by atoms with Crippen LogP contribution >= 0.6 is 0 Å². The first-order chi connectivity index (χ1) is 8.90. The Balaban J connectivity index is 2.81. The lowest BCUT2D eigenvalue weighted by molar-refractivity contribution is -0.147. The Morgan fingerprint density at radius 2 is 1.95 bits per heavy atom. The second kappa shape index (κ2) is 6.33. The van der Waals surface area contributed by atoms with Crippen molar-refractivity contribution in [2.24, 2.45) is 5.73 Å². The molecule has 1 aromatic carbocycles. The first-order valence-corrected chi connectivity index (χ1v) is 6.26. The predicted octanol–water partition coefficient (Wildman–Crippen LogP) is 1.45. The molecule has 0 spiro atoms. The quantitative estimate of drug-likeness (QED) is 0.725. The second-order valence-corrected chi connectivity index (χ2v) is 4.76. The van der Waals surface area contributed by atoms with E-state index in [1.54, 1.807) is 24.3 Å². The average Bonchev–Trinajstić information content (AvgIpc) is 2.38. The van der Waals surface area contributed by atoms with Gasteiger partial charge in [0.25, 0.3) is 0 Å². The molecule has 0 aliphatic carbocycles. The molecule has 0 heterocycles. The van der Waals surface area contributed by atoms with E-state index < -0.39 is 23.5 Å². The minimum absolute atomic E-state index is 0.357. The van der Waals surface area contributed by atoms with Gasteiger partial charge in [0.15, 0.2) is 0 Å². The van der Waals surface area contributed by atoms with Crippen LogP contribution in [0.25, 0.3) is 0 Å². The lowest BCUT2D eigenvalue weighted by atomic mass is 9.95. The molecule has 4 N–H and O–H groups in total. The SMILES string of the molecule is CCCC(C)(NC(=O)C(N)c1ccccc1)C(=O)O. The van der Waals surface area contributed by atoms with Crippen LogP contribution in [-0.2, 0) is 9.59 Å². The van der Waals surface area contributed by atoms with Crippen molar-refractivity contribution < 1.29 is 14.7 Å². The molecule has 0 radical (unpaired) electrons. The van der Waals surface area contributed by atoms with E-state index in [4.69, 9.17) is 5.73 Å². The minimum atomic E-state index is -1.28. The van der Waals surface area contributed by atoms with Crippen LogP contribution in [0, 0.1) is 0 Å². The van der Waals surface area contributed by atoms with E-state index in [0.29, 0.717) is 18.4 Å². The molecule has 5 nitrogen and oxygen atoms in total. The summed E-state index contributed by atoms with van der Waals surface area (Å²) in [6.45, 7) is 3.36. The van der Waals surface area contributed by atoms with Gasteiger partial charge in [0.1, 0.15) is 11.6 Å². The lowest BCUT2D eigenvalue weighted by Gasteiger charge is -2.27. The summed E-state index contributed by atoms with van der Waals surface area (Å²) < 4.78 is 0. The van der Waals surface area contributed by atoms with Crippen molar-refractivity contribution in [3.8, 4) is 0 Å². The molecular weight excluding hydrogens is 244 g/mol. The predicted molar refractivity (Wildman–Crippen MR) is 72.5 cm³/mol. The molecule has 2 unspecified atom stereocenters. The van der Waals surface area contributed by atoms with Gasteiger partial charge in [0.2, 0.25) is 5.91 Å². The number of benzene rings is 1. The summed E-state index contributed by atoms with van der Waals surface area (Å²) in [6.07, 6.45) is 1.01. The van der Waals surface area contributed by atoms with Crippen LogP contribution in [0.2, 0.25) is 0 Å². The number of carbonyl (C=O) groups excluding carboxylic acids is 1. The first kappa shape index (κ1) is 15.2. The van der Waals surface area contributed by atoms with Crippen molar-refractivity contribution >= 4 is 11.9 Å². The Hall–Kier alpha value is -1.88. The molecule has 1 rings (SSSR count). The fourth-order valence-electron chi connectivity index (χ4n) is 1.88. The molecule has 1 aromatic rings. The first-order valence-electron chi connectivity index (χ1n) is 6.26. The summed E-state index contributed by atoms with van der Waals surface area (Å²) in [7, 11) is 0. The van der Waals surface area contributed by atoms with Gasteiger partial charge < -0.3 is 16.2 Å². The molecule has 5 heteroatoms. The third kappa shape index (κ3) is 3.79. The van der Waals surface area contributed by atoms with Crippen LogP contribution in [0.4, 0.5) is 0 Å². The van der Waals surface area contributed by atoms with Gasteiger partial charge in [-0.15, -0.1) is 0 Å². The molecule has 2 atom stereocenters. The zero-order chi connectivity index (χ0) is 14.5. The number of rotatable bonds is 6. The normalized spacial score (nSPS) is 15.3. The second-order valence-electron chi connectivity index (χ2n) is 4.76. The molecule has 0 aromatic heterocycles. The fraction of sp³-hybridized carbons (Fsp3) is 0.429. The highest BCUT2D eigenvalue weighted by atomic mass is 16.4. The molecule has 0 aliphatic rings. The van der Waals surface area contributed by atoms with Crippen LogP contribution < -0.4 is 11.1 Å². The Bertz CT molecular complexity index is 447. The Labute approximate surface area is 112 Å². The van der Waals surface area contributed by atoms with Gasteiger partial charge in [0.05, 0.1) is 0 Å². The van der Waals surface area contributed by atoms with Gasteiger partial charge in [-0.2, -0.15) is 0 Å². The number of carbonyl (C=O) groups is 2. The minimum Gasteiger partial charge on any atom is -0.480 e. The highest BCUT2D eigenvalue weighted by molar-refractivity contribution is 5.89. The molecule has 0 bridgehead atoms. The molecule has 0 saturated heterocycles. The van der Waals surface area contributed by atoms with E-state index in [1.807, 2.05) is 13.0 Å². The molecular formula is C14H20N2O3. The van der Waals surface area contributed by atoms with Gasteiger partial charge in [-0.3, -0.25) is 4.79 Å². The summed E-state index contributed by atoms with van der Waals surface area (Å²) in [6, 6.07) is 8.00. The van der Waals surface area contributed by atoms with Crippen molar-refractivity contribution in [2.75, 3.05) is 0 Å². The number of nitrogens with one attached hydrogen (secondary N) is 1. The maximum atomic E-state index is 12.0. The lowest BCUT2D eigenvalue weighted by Crippen LogP contribution is -2.54. The third-order valence-corrected chi connectivity index (χ3v) is 3.06. The smallest absolute Gasteiger partial charge is 0.329 e. The highest BCUT2D eigenvalue weighted by Gasteiger charge is 2.35. The summed E-state index contributed by atoms with van der Waals surface area (Å²) in [4.78, 5) is 23.3. The number of nitrogens with two attached hydrogens (primary N) is 1. The number of hydrogen-bond acceptors (Lipinski definition) is 3. The van der Waals surface area contributed by atoms with Crippen LogP contribution in [0.1, 0.15) is 38.3 Å². The summed E-state index contributed by atoms with van der Waals surface area (Å²) in [5, 5.41) is 11.7. The fourth-order valence-corrected chi connectivity index (χ4v) is 1.88. The maximum absolute atomic E-state index is 12.0. The Morgan fingerprint density at radius 3 is 2.42 bits per heavy atom. The molecule has 0 saturated carbocycles. The standard InChI is InChI=1S/C14H20N2O3/c1-3-9-14(2,13(18)19)16-12(17)11(15)10-7-5-4-6-8-10/h4-8,11H,3,9,15H2,1-2H3,(H,16,17)(H,18,19). The van der Waals surface area contributed by atoms with Crippen LogP contribution in [0.5, 0.6) is 0 Å². The third-order valence-electron chi connectivity index (χ3n) is 3.06. The van der Waals surface area contributed by atoms with Gasteiger partial charge in [-0.25, -0.2) is 4.79 Å². The monoisotopic (exact) mass is 264 g/mol. The molecule has 104 valence electrons. The van der Waals surface area contributed by atoms with Crippen molar-refractivity contribution in [1.82, 2.24) is 5.32 Å². The van der Waals surface area contributed by atoms with Gasteiger partial charge in [-0.05, 0) is 18.9 Å². The van der Waals surface area contributed by atoms with Crippen LogP contribution in [-0.4, -0.2) is 22.5 Å². The molecule has 0 aliphatic heterocycles. The zero-order valence-corrected chi connectivity index (χ0v) is 11.2. The summed E-state index contributed by atoms with van der Waals surface area (Å²) in [5.41, 5.74) is 5.21. The highest BCUT2D eigenvalue weighted by Crippen LogP contribution is 2.16. The largest absolute Gasteiger partial charge is 0.480 e. The zero-order valence-electron chi connectivity index (χ0n) is 11.2. The number of aliphatic carboxylic acids is 1. The van der Waals surface area contributed by atoms with Crippen LogP contribution in [0.15, 0.2) is 30.3 Å². The Morgan fingerprint density at radius 1 is 1.37 bits per heavy atom. The van der Waals surface area contributed by atoms with E-state index in [0.717, 1.165) is 0 Å². The molecule has 1 amide bonds. The molecule has 19 heavy (non-hydrogen) atoms. The maximum Gasteiger partial charge on any atom is 0.329 e. The summed E-state index contributed by atoms with van der Waals surface area (Å²) in [5.74, 6) is -1.53. The Kier molecular flexibility index (Phi) is 5.06. The van der Waals surface area contributed by atoms with E-state index in [-0.39, 0.29) is 0 Å².